The second kappa shape index (κ2) is 3.95. The van der Waals surface area contributed by atoms with Crippen molar-refractivity contribution in [2.24, 2.45) is 0 Å². The number of benzene rings is 1. The largest absolute Gasteiger partial charge is 0.357 e. The van der Waals surface area contributed by atoms with Crippen LogP contribution < -0.4 is 0 Å². The van der Waals surface area contributed by atoms with Gasteiger partial charge in [0.1, 0.15) is 0 Å². The molecule has 0 saturated carbocycles. The Morgan fingerprint density at radius 1 is 1.25 bits per heavy atom. The second-order valence-electron chi connectivity index (χ2n) is 4.69. The van der Waals surface area contributed by atoms with Gasteiger partial charge in [0.15, 0.2) is 0 Å². The van der Waals surface area contributed by atoms with Crippen LogP contribution in [-0.2, 0) is 13.1 Å². The van der Waals surface area contributed by atoms with Gasteiger partial charge >= 0.3 is 0 Å². The molecule has 0 bridgehead atoms. The summed E-state index contributed by atoms with van der Waals surface area (Å²) in [5.41, 5.74) is 4.24. The average Bonchev–Trinajstić information content (AvgIpc) is 2.83. The van der Waals surface area contributed by atoms with Gasteiger partial charge in [-0.15, -0.1) is 0 Å². The molecule has 84 valence electrons. The molecule has 1 aromatic heterocycles. The summed E-state index contributed by atoms with van der Waals surface area (Å²) in [6, 6.07) is 8.63. The first-order valence-corrected chi connectivity index (χ1v) is 6.19. The van der Waals surface area contributed by atoms with Crippen LogP contribution in [-0.4, -0.2) is 16.4 Å². The number of para-hydroxylation sites is 1. The molecule has 0 spiro atoms. The molecular formula is C14H18N2. The van der Waals surface area contributed by atoms with E-state index in [1.54, 1.807) is 0 Å². The van der Waals surface area contributed by atoms with Gasteiger partial charge in [-0.3, -0.25) is 4.90 Å². The van der Waals surface area contributed by atoms with E-state index < -0.39 is 0 Å². The summed E-state index contributed by atoms with van der Waals surface area (Å²) in [5.74, 6) is 0. The Hall–Kier alpha value is -1.28. The van der Waals surface area contributed by atoms with Crippen LogP contribution in [0, 0.1) is 0 Å². The SMILES string of the molecule is CCCCN1Cc2[nH]c3ccccc3c2C1. The fraction of sp³-hybridized carbons (Fsp3) is 0.429. The Bertz CT molecular complexity index is 498. The monoisotopic (exact) mass is 214 g/mol. The highest BCUT2D eigenvalue weighted by Crippen LogP contribution is 2.30. The average molecular weight is 214 g/mol. The zero-order valence-corrected chi connectivity index (χ0v) is 9.79. The van der Waals surface area contributed by atoms with Crippen molar-refractivity contribution in [2.75, 3.05) is 6.54 Å². The number of aromatic amines is 1. The maximum atomic E-state index is 3.54. The van der Waals surface area contributed by atoms with Crippen molar-refractivity contribution in [2.45, 2.75) is 32.9 Å². The lowest BCUT2D eigenvalue weighted by Crippen LogP contribution is -2.17. The van der Waals surface area contributed by atoms with Gasteiger partial charge in [0.2, 0.25) is 0 Å². The fourth-order valence-electron chi connectivity index (χ4n) is 2.61. The van der Waals surface area contributed by atoms with Crippen LogP contribution in [0.4, 0.5) is 0 Å². The molecule has 1 aliphatic heterocycles. The maximum absolute atomic E-state index is 3.54. The molecule has 16 heavy (non-hydrogen) atoms. The number of hydrogen-bond donors (Lipinski definition) is 1. The van der Waals surface area contributed by atoms with Gasteiger partial charge in [-0.05, 0) is 24.6 Å². The molecule has 3 rings (SSSR count). The minimum absolute atomic E-state index is 1.10. The highest BCUT2D eigenvalue weighted by Gasteiger charge is 2.22. The van der Waals surface area contributed by atoms with Crippen LogP contribution in [0.25, 0.3) is 10.9 Å². The van der Waals surface area contributed by atoms with Gasteiger partial charge in [-0.25, -0.2) is 0 Å². The molecule has 2 heterocycles. The molecule has 0 atom stereocenters. The standard InChI is InChI=1S/C14H18N2/c1-2-3-8-16-9-12-11-6-4-5-7-13(11)15-14(12)10-16/h4-7,15H,2-3,8-10H2,1H3. The summed E-state index contributed by atoms with van der Waals surface area (Å²) >= 11 is 0. The topological polar surface area (TPSA) is 19.0 Å². The zero-order chi connectivity index (χ0) is 11.0. The number of aromatic nitrogens is 1. The number of rotatable bonds is 3. The lowest BCUT2D eigenvalue weighted by atomic mass is 10.1. The summed E-state index contributed by atoms with van der Waals surface area (Å²) < 4.78 is 0. The molecule has 0 unspecified atom stereocenters. The molecule has 2 heteroatoms. The lowest BCUT2D eigenvalue weighted by molar-refractivity contribution is 0.278. The van der Waals surface area contributed by atoms with Crippen molar-refractivity contribution < 1.29 is 0 Å². The third-order valence-electron chi connectivity index (χ3n) is 3.49. The smallest absolute Gasteiger partial charge is 0.0459 e. The van der Waals surface area contributed by atoms with Crippen LogP contribution in [0.1, 0.15) is 31.0 Å². The van der Waals surface area contributed by atoms with Gasteiger partial charge in [-0.2, -0.15) is 0 Å². The Morgan fingerprint density at radius 2 is 2.12 bits per heavy atom. The molecular weight excluding hydrogens is 196 g/mol. The fourth-order valence-corrected chi connectivity index (χ4v) is 2.61. The third kappa shape index (κ3) is 1.54. The highest BCUT2D eigenvalue weighted by molar-refractivity contribution is 5.85. The van der Waals surface area contributed by atoms with Gasteiger partial charge in [-0.1, -0.05) is 31.5 Å². The first kappa shape index (κ1) is 9.91. The van der Waals surface area contributed by atoms with E-state index in [9.17, 15) is 0 Å². The number of nitrogens with zero attached hydrogens (tertiary/aromatic N) is 1. The van der Waals surface area contributed by atoms with E-state index in [-0.39, 0.29) is 0 Å². The predicted octanol–water partition coefficient (Wildman–Crippen LogP) is 3.28. The quantitative estimate of drug-likeness (QED) is 0.830. The molecule has 1 N–H and O–H groups in total. The number of unbranched alkanes of at least 4 members (excludes halogenated alkanes) is 1. The van der Waals surface area contributed by atoms with Crippen LogP contribution >= 0.6 is 0 Å². The molecule has 0 aliphatic carbocycles. The number of H-pyrrole nitrogens is 1. The minimum Gasteiger partial charge on any atom is -0.357 e. The summed E-state index contributed by atoms with van der Waals surface area (Å²) in [6.07, 6.45) is 2.59. The molecule has 0 radical (unpaired) electrons. The summed E-state index contributed by atoms with van der Waals surface area (Å²) in [5, 5.41) is 1.41. The summed E-state index contributed by atoms with van der Waals surface area (Å²) in [7, 11) is 0. The normalized spacial score (nSPS) is 15.8. The molecule has 2 nitrogen and oxygen atoms in total. The van der Waals surface area contributed by atoms with E-state index in [0.717, 1.165) is 13.1 Å². The summed E-state index contributed by atoms with van der Waals surface area (Å²) in [6.45, 7) is 5.71. The number of hydrogen-bond acceptors (Lipinski definition) is 1. The van der Waals surface area contributed by atoms with Crippen LogP contribution in [0.2, 0.25) is 0 Å². The maximum Gasteiger partial charge on any atom is 0.0459 e. The first-order valence-electron chi connectivity index (χ1n) is 6.19. The summed E-state index contributed by atoms with van der Waals surface area (Å²) in [4.78, 5) is 6.08. The van der Waals surface area contributed by atoms with Gasteiger partial charge in [0.25, 0.3) is 0 Å². The van der Waals surface area contributed by atoms with Gasteiger partial charge in [0.05, 0.1) is 0 Å². The Morgan fingerprint density at radius 3 is 3.00 bits per heavy atom. The first-order chi connectivity index (χ1) is 7.88. The Balaban J connectivity index is 1.87. The molecule has 1 aliphatic rings. The van der Waals surface area contributed by atoms with Crippen LogP contribution in [0.3, 0.4) is 0 Å². The highest BCUT2D eigenvalue weighted by atomic mass is 15.2. The Labute approximate surface area is 96.3 Å². The van der Waals surface area contributed by atoms with E-state index in [1.807, 2.05) is 0 Å². The van der Waals surface area contributed by atoms with Crippen molar-refractivity contribution in [3.8, 4) is 0 Å². The molecule has 0 saturated heterocycles. The minimum atomic E-state index is 1.10. The van der Waals surface area contributed by atoms with Gasteiger partial charge < -0.3 is 4.98 Å². The zero-order valence-electron chi connectivity index (χ0n) is 9.79. The van der Waals surface area contributed by atoms with E-state index in [4.69, 9.17) is 0 Å². The van der Waals surface area contributed by atoms with Crippen molar-refractivity contribution in [1.29, 1.82) is 0 Å². The molecule has 1 aromatic carbocycles. The van der Waals surface area contributed by atoms with Crippen molar-refractivity contribution in [3.05, 3.63) is 35.5 Å². The van der Waals surface area contributed by atoms with Crippen LogP contribution in [0.5, 0.6) is 0 Å². The van der Waals surface area contributed by atoms with E-state index >= 15 is 0 Å². The Kier molecular flexibility index (Phi) is 2.44. The van der Waals surface area contributed by atoms with Crippen molar-refractivity contribution >= 4 is 10.9 Å². The van der Waals surface area contributed by atoms with Crippen molar-refractivity contribution in [3.63, 3.8) is 0 Å². The number of fused-ring (bicyclic) bond motifs is 3. The second-order valence-corrected chi connectivity index (χ2v) is 4.69. The number of nitrogens with one attached hydrogen (secondary N) is 1. The molecule has 2 aromatic rings. The van der Waals surface area contributed by atoms with E-state index in [0.29, 0.717) is 0 Å². The predicted molar refractivity (Wildman–Crippen MR) is 67.3 cm³/mol. The van der Waals surface area contributed by atoms with E-state index in [1.165, 1.54) is 41.5 Å². The lowest BCUT2D eigenvalue weighted by Gasteiger charge is -2.13. The molecule has 0 fully saturated rings. The van der Waals surface area contributed by atoms with E-state index in [2.05, 4.69) is 41.1 Å². The third-order valence-corrected chi connectivity index (χ3v) is 3.49. The van der Waals surface area contributed by atoms with Crippen molar-refractivity contribution in [1.82, 2.24) is 9.88 Å². The molecule has 0 amide bonds. The van der Waals surface area contributed by atoms with Gasteiger partial charge in [0, 0.05) is 29.7 Å². The van der Waals surface area contributed by atoms with Crippen LogP contribution in [0.15, 0.2) is 24.3 Å².